The molecule has 21 heavy (non-hydrogen) atoms. The number of anilines is 1. The molecular formula is C12H12F3N3O3. The molecular weight excluding hydrogens is 291 g/mol. The Morgan fingerprint density at radius 1 is 1.38 bits per heavy atom. The number of amides is 1. The zero-order valence-electron chi connectivity index (χ0n) is 10.6. The highest BCUT2D eigenvalue weighted by Gasteiger charge is 2.54. The summed E-state index contributed by atoms with van der Waals surface area (Å²) in [7, 11) is 0. The van der Waals surface area contributed by atoms with Crippen LogP contribution in [0, 0.1) is 5.41 Å². The van der Waals surface area contributed by atoms with Crippen molar-refractivity contribution in [2.75, 3.05) is 5.32 Å². The Balaban J connectivity index is 2.19. The summed E-state index contributed by atoms with van der Waals surface area (Å²) in [6.07, 6.45) is -4.16. The minimum absolute atomic E-state index is 0.142. The maximum absolute atomic E-state index is 12.3. The predicted molar refractivity (Wildman–Crippen MR) is 66.8 cm³/mol. The topological polar surface area (TPSA) is 96.9 Å². The van der Waals surface area contributed by atoms with Crippen molar-refractivity contribution in [3.05, 3.63) is 24.3 Å². The number of benzene rings is 1. The number of halogens is 3. The van der Waals surface area contributed by atoms with Crippen LogP contribution >= 0.6 is 0 Å². The molecule has 0 saturated heterocycles. The van der Waals surface area contributed by atoms with Gasteiger partial charge >= 0.3 is 6.36 Å². The molecule has 1 aliphatic carbocycles. The van der Waals surface area contributed by atoms with Crippen molar-refractivity contribution in [2.45, 2.75) is 19.2 Å². The maximum Gasteiger partial charge on any atom is 0.573 e. The molecule has 0 heterocycles. The fraction of sp³-hybridized carbons (Fsp3) is 0.333. The van der Waals surface area contributed by atoms with Crippen LogP contribution in [0.25, 0.3) is 0 Å². The van der Waals surface area contributed by atoms with Crippen molar-refractivity contribution in [1.29, 1.82) is 0 Å². The first kappa shape index (κ1) is 14.9. The van der Waals surface area contributed by atoms with Crippen LogP contribution in [0.2, 0.25) is 0 Å². The van der Waals surface area contributed by atoms with Gasteiger partial charge in [0, 0.05) is 0 Å². The van der Waals surface area contributed by atoms with E-state index >= 15 is 0 Å². The summed E-state index contributed by atoms with van der Waals surface area (Å²) in [5.74, 6) is -1.45. The van der Waals surface area contributed by atoms with Crippen LogP contribution in [0.5, 0.6) is 5.75 Å². The molecule has 0 atom stereocenters. The number of ether oxygens (including phenoxy) is 1. The highest BCUT2D eigenvalue weighted by atomic mass is 19.4. The summed E-state index contributed by atoms with van der Waals surface area (Å²) in [5.41, 5.74) is 4.13. The number of carbonyl (C=O) groups is 1. The number of oxime groups is 1. The second-order valence-electron chi connectivity index (χ2n) is 4.57. The molecule has 1 saturated carbocycles. The lowest BCUT2D eigenvalue weighted by Crippen LogP contribution is -2.36. The molecule has 0 spiro atoms. The van der Waals surface area contributed by atoms with Crippen LogP contribution in [0.4, 0.5) is 18.9 Å². The number of hydrogen-bond acceptors (Lipinski definition) is 4. The van der Waals surface area contributed by atoms with E-state index in [0.717, 1.165) is 6.07 Å². The standard InChI is InChI=1S/C12H12F3N3O3/c13-12(14,15)21-8-4-2-1-3-7(8)17-10(19)11(5-6-11)9(16)18-20/h1-4,20H,5-6H2,(H2,16,18)(H,17,19). The summed E-state index contributed by atoms with van der Waals surface area (Å²) >= 11 is 0. The number of hydrogen-bond donors (Lipinski definition) is 3. The first-order valence-electron chi connectivity index (χ1n) is 5.93. The van der Waals surface area contributed by atoms with Gasteiger partial charge in [0.25, 0.3) is 0 Å². The Bertz CT molecular complexity index is 583. The molecule has 1 fully saturated rings. The molecule has 0 aliphatic heterocycles. The lowest BCUT2D eigenvalue weighted by atomic mass is 10.1. The van der Waals surface area contributed by atoms with E-state index in [1.807, 2.05) is 0 Å². The zero-order chi connectivity index (χ0) is 15.7. The van der Waals surface area contributed by atoms with Crippen molar-refractivity contribution in [2.24, 2.45) is 16.3 Å². The number of alkyl halides is 3. The van der Waals surface area contributed by atoms with Gasteiger partial charge in [0.2, 0.25) is 5.91 Å². The van der Waals surface area contributed by atoms with Gasteiger partial charge < -0.3 is 21.0 Å². The molecule has 6 nitrogen and oxygen atoms in total. The van der Waals surface area contributed by atoms with Crippen molar-refractivity contribution in [3.63, 3.8) is 0 Å². The van der Waals surface area contributed by atoms with Crippen molar-refractivity contribution in [1.82, 2.24) is 0 Å². The summed E-state index contributed by atoms with van der Waals surface area (Å²) in [4.78, 5) is 12.1. The van der Waals surface area contributed by atoms with E-state index in [0.29, 0.717) is 12.8 Å². The quantitative estimate of drug-likeness (QED) is 0.343. The molecule has 1 aromatic rings. The Morgan fingerprint density at radius 2 is 2.00 bits per heavy atom. The van der Waals surface area contributed by atoms with Crippen LogP contribution < -0.4 is 15.8 Å². The van der Waals surface area contributed by atoms with Gasteiger partial charge in [0.15, 0.2) is 11.6 Å². The summed E-state index contributed by atoms with van der Waals surface area (Å²) in [6.45, 7) is 0. The molecule has 1 aliphatic rings. The Kier molecular flexibility index (Phi) is 3.67. The summed E-state index contributed by atoms with van der Waals surface area (Å²) in [6, 6.07) is 5.13. The van der Waals surface area contributed by atoms with Gasteiger partial charge in [-0.05, 0) is 25.0 Å². The molecule has 9 heteroatoms. The van der Waals surface area contributed by atoms with E-state index in [9.17, 15) is 18.0 Å². The van der Waals surface area contributed by atoms with Crippen LogP contribution in [0.15, 0.2) is 29.4 Å². The highest BCUT2D eigenvalue weighted by Crippen LogP contribution is 2.47. The van der Waals surface area contributed by atoms with Crippen LogP contribution in [0.1, 0.15) is 12.8 Å². The average molecular weight is 303 g/mol. The molecule has 4 N–H and O–H groups in total. The average Bonchev–Trinajstić information content (AvgIpc) is 3.20. The third kappa shape index (κ3) is 3.18. The third-order valence-electron chi connectivity index (χ3n) is 3.14. The third-order valence-corrected chi connectivity index (χ3v) is 3.14. The van der Waals surface area contributed by atoms with Gasteiger partial charge in [0.05, 0.1) is 5.69 Å². The van der Waals surface area contributed by atoms with E-state index < -0.39 is 23.4 Å². The second kappa shape index (κ2) is 5.15. The molecule has 0 bridgehead atoms. The number of carbonyl (C=O) groups excluding carboxylic acids is 1. The number of nitrogens with zero attached hydrogens (tertiary/aromatic N) is 1. The summed E-state index contributed by atoms with van der Waals surface area (Å²) in [5, 5.41) is 13.7. The fourth-order valence-electron chi connectivity index (χ4n) is 1.85. The minimum Gasteiger partial charge on any atom is -0.409 e. The molecule has 114 valence electrons. The maximum atomic E-state index is 12.3. The number of nitrogens with two attached hydrogens (primary N) is 1. The fourth-order valence-corrected chi connectivity index (χ4v) is 1.85. The molecule has 1 aromatic carbocycles. The molecule has 0 aromatic heterocycles. The van der Waals surface area contributed by atoms with Crippen LogP contribution in [0.3, 0.4) is 0 Å². The van der Waals surface area contributed by atoms with Crippen LogP contribution in [-0.2, 0) is 4.79 Å². The van der Waals surface area contributed by atoms with Gasteiger partial charge in [-0.2, -0.15) is 0 Å². The monoisotopic (exact) mass is 303 g/mol. The summed E-state index contributed by atoms with van der Waals surface area (Å²) < 4.78 is 40.7. The highest BCUT2D eigenvalue weighted by molar-refractivity contribution is 6.14. The SMILES string of the molecule is N/C(=N/O)C1(C(=O)Nc2ccccc2OC(F)(F)F)CC1. The number of nitrogens with one attached hydrogen (secondary N) is 1. The minimum atomic E-state index is -4.87. The Hall–Kier alpha value is -2.45. The van der Waals surface area contributed by atoms with E-state index in [-0.39, 0.29) is 11.5 Å². The van der Waals surface area contributed by atoms with Crippen molar-refractivity contribution < 1.29 is 27.9 Å². The van der Waals surface area contributed by atoms with Crippen LogP contribution in [-0.4, -0.2) is 23.3 Å². The Labute approximate surface area is 117 Å². The number of amidine groups is 1. The number of rotatable bonds is 4. The van der Waals surface area contributed by atoms with Crippen molar-refractivity contribution in [3.8, 4) is 5.75 Å². The number of para-hydroxylation sites is 2. The molecule has 0 unspecified atom stereocenters. The van der Waals surface area contributed by atoms with Gasteiger partial charge in [-0.1, -0.05) is 17.3 Å². The smallest absolute Gasteiger partial charge is 0.409 e. The second-order valence-corrected chi connectivity index (χ2v) is 4.57. The normalized spacial score (nSPS) is 17.2. The van der Waals surface area contributed by atoms with E-state index in [4.69, 9.17) is 10.9 Å². The van der Waals surface area contributed by atoms with Gasteiger partial charge in [-0.15, -0.1) is 13.2 Å². The van der Waals surface area contributed by atoms with E-state index in [1.165, 1.54) is 18.2 Å². The van der Waals surface area contributed by atoms with E-state index in [1.54, 1.807) is 0 Å². The van der Waals surface area contributed by atoms with Gasteiger partial charge in [-0.25, -0.2) is 0 Å². The largest absolute Gasteiger partial charge is 0.573 e. The predicted octanol–water partition coefficient (Wildman–Crippen LogP) is 2.05. The lowest BCUT2D eigenvalue weighted by Gasteiger charge is -2.17. The first-order chi connectivity index (χ1) is 9.78. The van der Waals surface area contributed by atoms with Crippen molar-refractivity contribution >= 4 is 17.4 Å². The molecule has 2 rings (SSSR count). The van der Waals surface area contributed by atoms with Gasteiger partial charge in [0.1, 0.15) is 5.41 Å². The van der Waals surface area contributed by atoms with E-state index in [2.05, 4.69) is 15.2 Å². The molecule has 0 radical (unpaired) electrons. The zero-order valence-corrected chi connectivity index (χ0v) is 10.6. The van der Waals surface area contributed by atoms with Gasteiger partial charge in [-0.3, -0.25) is 4.79 Å². The lowest BCUT2D eigenvalue weighted by molar-refractivity contribution is -0.274. The molecule has 1 amide bonds. The Morgan fingerprint density at radius 3 is 2.52 bits per heavy atom. The first-order valence-corrected chi connectivity index (χ1v) is 5.93.